The van der Waals surface area contributed by atoms with Crippen molar-refractivity contribution < 1.29 is 23.4 Å². The minimum Gasteiger partial charge on any atom is -0.485 e. The van der Waals surface area contributed by atoms with E-state index >= 15 is 0 Å². The maximum Gasteiger partial charge on any atom is 0.288 e. The molecule has 2 aliphatic heterocycles. The number of benzene rings is 1. The van der Waals surface area contributed by atoms with Gasteiger partial charge in [-0.15, -0.1) is 0 Å². The van der Waals surface area contributed by atoms with Gasteiger partial charge < -0.3 is 14.7 Å². The summed E-state index contributed by atoms with van der Waals surface area (Å²) in [7, 11) is 0. The number of aliphatic hydroxyl groups excluding tert-OH is 1. The smallest absolute Gasteiger partial charge is 0.288 e. The molecule has 0 aromatic heterocycles. The van der Waals surface area contributed by atoms with Crippen LogP contribution in [0.2, 0.25) is 0 Å². The fourth-order valence-corrected chi connectivity index (χ4v) is 3.93. The summed E-state index contributed by atoms with van der Waals surface area (Å²) in [6.45, 7) is 4.09. The Balaban J connectivity index is 2.04. The lowest BCUT2D eigenvalue weighted by Crippen LogP contribution is -2.55. The molecule has 1 fully saturated rings. The van der Waals surface area contributed by atoms with E-state index in [1.807, 2.05) is 0 Å². The summed E-state index contributed by atoms with van der Waals surface area (Å²) < 4.78 is 31.2. The summed E-state index contributed by atoms with van der Waals surface area (Å²) in [5.74, 6) is -2.00. The lowest BCUT2D eigenvalue weighted by Gasteiger charge is -2.47. The summed E-state index contributed by atoms with van der Waals surface area (Å²) in [6, 6.07) is 4.26. The molecule has 0 saturated carbocycles. The van der Waals surface area contributed by atoms with Gasteiger partial charge in [-0.1, -0.05) is 11.8 Å². The maximum atomic E-state index is 12.7. The lowest BCUT2D eigenvalue weighted by atomic mass is 9.84. The van der Waals surface area contributed by atoms with Crippen LogP contribution in [-0.2, 0) is 4.79 Å². The van der Waals surface area contributed by atoms with Gasteiger partial charge in [-0.2, -0.15) is 8.78 Å². The maximum absolute atomic E-state index is 12.7. The zero-order chi connectivity index (χ0) is 17.5. The second-order valence-electron chi connectivity index (χ2n) is 6.72. The number of rotatable bonds is 3. The van der Waals surface area contributed by atoms with Crippen molar-refractivity contribution in [3.05, 3.63) is 23.8 Å². The first-order chi connectivity index (χ1) is 11.3. The fourth-order valence-electron chi connectivity index (χ4n) is 3.38. The summed E-state index contributed by atoms with van der Waals surface area (Å²) in [5.41, 5.74) is -0.269. The van der Waals surface area contributed by atoms with Crippen molar-refractivity contribution >= 4 is 17.7 Å². The van der Waals surface area contributed by atoms with Crippen molar-refractivity contribution in [1.29, 1.82) is 0 Å². The van der Waals surface area contributed by atoms with Crippen LogP contribution < -0.4 is 4.74 Å². The number of thioether (sulfide) groups is 1. The van der Waals surface area contributed by atoms with Crippen molar-refractivity contribution in [2.45, 2.75) is 61.5 Å². The summed E-state index contributed by atoms with van der Waals surface area (Å²) in [4.78, 5) is 14.4. The Bertz CT molecular complexity index is 638. The average Bonchev–Trinajstić information content (AvgIpc) is 2.50. The molecule has 0 spiro atoms. The van der Waals surface area contributed by atoms with Crippen molar-refractivity contribution in [2.75, 3.05) is 6.54 Å². The molecule has 1 aromatic carbocycles. The normalized spacial score (nSPS) is 26.2. The predicted octanol–water partition coefficient (Wildman–Crippen LogP) is 3.59. The standard InChI is InChI=1S/C17H21F2NO3S/c1-17(2)15(22)14(20-8-4-3-5-13(20)21)11-9-10(24-16(18)19)6-7-12(11)23-17/h6-7,9,14-16,22H,3-5,8H2,1-2H3. The molecule has 2 heterocycles. The molecule has 2 atom stereocenters. The number of carbonyl (C=O) groups is 1. The van der Waals surface area contributed by atoms with Gasteiger partial charge in [-0.05, 0) is 44.9 Å². The number of halogens is 2. The fraction of sp³-hybridized carbons (Fsp3) is 0.588. The van der Waals surface area contributed by atoms with Crippen molar-refractivity contribution in [3.8, 4) is 5.75 Å². The molecular weight excluding hydrogens is 336 g/mol. The largest absolute Gasteiger partial charge is 0.485 e. The molecule has 0 bridgehead atoms. The molecule has 1 amide bonds. The Morgan fingerprint density at radius 1 is 1.38 bits per heavy atom. The molecular formula is C17H21F2NO3S. The minimum atomic E-state index is -2.52. The van der Waals surface area contributed by atoms with E-state index in [-0.39, 0.29) is 5.91 Å². The van der Waals surface area contributed by atoms with Gasteiger partial charge in [0.15, 0.2) is 0 Å². The number of carbonyl (C=O) groups excluding carboxylic acids is 1. The van der Waals surface area contributed by atoms with Gasteiger partial charge in [0.25, 0.3) is 5.76 Å². The van der Waals surface area contributed by atoms with E-state index in [0.717, 1.165) is 12.8 Å². The first-order valence-corrected chi connectivity index (χ1v) is 8.93. The first-order valence-electron chi connectivity index (χ1n) is 8.05. The van der Waals surface area contributed by atoms with Gasteiger partial charge in [-0.25, -0.2) is 0 Å². The molecule has 1 saturated heterocycles. The highest BCUT2D eigenvalue weighted by Gasteiger charge is 2.47. The van der Waals surface area contributed by atoms with Crippen LogP contribution in [0.5, 0.6) is 5.75 Å². The SMILES string of the molecule is CC1(C)Oc2ccc(SC(F)F)cc2C(N2CCCCC2=O)C1O. The van der Waals surface area contributed by atoms with E-state index in [1.54, 1.807) is 36.9 Å². The highest BCUT2D eigenvalue weighted by Crippen LogP contribution is 2.45. The third-order valence-corrected chi connectivity index (χ3v) is 5.31. The topological polar surface area (TPSA) is 49.8 Å². The molecule has 1 N–H and O–H groups in total. The molecule has 0 radical (unpaired) electrons. The molecule has 2 aliphatic rings. The number of likely N-dealkylation sites (tertiary alicyclic amines) is 1. The van der Waals surface area contributed by atoms with Gasteiger partial charge in [-0.3, -0.25) is 4.79 Å². The predicted molar refractivity (Wildman–Crippen MR) is 87.3 cm³/mol. The third-order valence-electron chi connectivity index (χ3n) is 4.61. The Labute approximate surface area is 144 Å². The number of nitrogens with zero attached hydrogens (tertiary/aromatic N) is 1. The van der Waals surface area contributed by atoms with Crippen molar-refractivity contribution in [1.82, 2.24) is 4.90 Å². The van der Waals surface area contributed by atoms with Crippen LogP contribution in [0.15, 0.2) is 23.1 Å². The second kappa shape index (κ2) is 6.52. The second-order valence-corrected chi connectivity index (χ2v) is 7.78. The van der Waals surface area contributed by atoms with Crippen LogP contribution in [0.25, 0.3) is 0 Å². The molecule has 1 aromatic rings. The highest BCUT2D eigenvalue weighted by atomic mass is 32.2. The van der Waals surface area contributed by atoms with Gasteiger partial charge in [0.1, 0.15) is 17.5 Å². The van der Waals surface area contributed by atoms with E-state index in [0.29, 0.717) is 40.9 Å². The number of ether oxygens (including phenoxy) is 1. The Kier molecular flexibility index (Phi) is 4.75. The van der Waals surface area contributed by atoms with Crippen molar-refractivity contribution in [3.63, 3.8) is 0 Å². The van der Waals surface area contributed by atoms with Crippen LogP contribution in [0, 0.1) is 0 Å². The van der Waals surface area contributed by atoms with Gasteiger partial charge in [0, 0.05) is 23.4 Å². The van der Waals surface area contributed by atoms with Crippen LogP contribution in [0.4, 0.5) is 8.78 Å². The Morgan fingerprint density at radius 3 is 2.79 bits per heavy atom. The summed E-state index contributed by atoms with van der Waals surface area (Å²) >= 11 is 0.448. The zero-order valence-corrected chi connectivity index (χ0v) is 14.5. The molecule has 132 valence electrons. The van der Waals surface area contributed by atoms with Gasteiger partial charge in [0.2, 0.25) is 5.91 Å². The molecule has 0 aliphatic carbocycles. The molecule has 7 heteroatoms. The average molecular weight is 357 g/mol. The summed E-state index contributed by atoms with van der Waals surface area (Å²) in [6.07, 6.45) is 1.23. The Morgan fingerprint density at radius 2 is 2.12 bits per heavy atom. The molecule has 24 heavy (non-hydrogen) atoms. The monoisotopic (exact) mass is 357 g/mol. The van der Waals surface area contributed by atoms with Crippen LogP contribution in [0.3, 0.4) is 0 Å². The van der Waals surface area contributed by atoms with Gasteiger partial charge in [0.05, 0.1) is 6.04 Å². The number of piperidine rings is 1. The van der Waals surface area contributed by atoms with Crippen LogP contribution in [-0.4, -0.2) is 39.9 Å². The van der Waals surface area contributed by atoms with E-state index in [2.05, 4.69) is 0 Å². The number of hydrogen-bond acceptors (Lipinski definition) is 4. The highest BCUT2D eigenvalue weighted by molar-refractivity contribution is 7.99. The molecule has 2 unspecified atom stereocenters. The molecule has 3 rings (SSSR count). The number of hydrogen-bond donors (Lipinski definition) is 1. The number of amides is 1. The Hall–Kier alpha value is -1.34. The van der Waals surface area contributed by atoms with E-state index in [4.69, 9.17) is 4.74 Å². The molecule has 4 nitrogen and oxygen atoms in total. The number of fused-ring (bicyclic) bond motifs is 1. The quantitative estimate of drug-likeness (QED) is 0.840. The van der Waals surface area contributed by atoms with Crippen LogP contribution >= 0.6 is 11.8 Å². The number of alkyl halides is 2. The minimum absolute atomic E-state index is 0.0131. The number of aliphatic hydroxyl groups is 1. The zero-order valence-electron chi connectivity index (χ0n) is 13.7. The van der Waals surface area contributed by atoms with E-state index in [9.17, 15) is 18.7 Å². The van der Waals surface area contributed by atoms with Crippen LogP contribution in [0.1, 0.15) is 44.7 Å². The third kappa shape index (κ3) is 3.24. The first kappa shape index (κ1) is 17.5. The van der Waals surface area contributed by atoms with E-state index in [1.165, 1.54) is 0 Å². The lowest BCUT2D eigenvalue weighted by molar-refractivity contribution is -0.147. The van der Waals surface area contributed by atoms with Gasteiger partial charge >= 0.3 is 0 Å². The summed E-state index contributed by atoms with van der Waals surface area (Å²) in [5, 5.41) is 10.8. The van der Waals surface area contributed by atoms with Crippen molar-refractivity contribution in [2.24, 2.45) is 0 Å². The van der Waals surface area contributed by atoms with E-state index < -0.39 is 23.5 Å².